The Bertz CT molecular complexity index is 1180. The molecule has 1 amide bonds. The molecule has 1 aromatic heterocycles. The van der Waals surface area contributed by atoms with E-state index < -0.39 is 0 Å². The quantitative estimate of drug-likeness (QED) is 0.520. The van der Waals surface area contributed by atoms with E-state index in [0.29, 0.717) is 24.1 Å². The maximum atomic E-state index is 12.7. The average Bonchev–Trinajstić information content (AvgIpc) is 3.34. The molecular formula is C27H32N2O4. The summed E-state index contributed by atoms with van der Waals surface area (Å²) < 4.78 is 10.8. The molecule has 6 heteroatoms. The van der Waals surface area contributed by atoms with E-state index in [2.05, 4.69) is 22.3 Å². The molecule has 3 aromatic rings. The summed E-state index contributed by atoms with van der Waals surface area (Å²) in [6, 6.07) is 14.0. The fourth-order valence-corrected chi connectivity index (χ4v) is 4.67. The lowest BCUT2D eigenvalue weighted by molar-refractivity contribution is -0.121. The molecule has 0 spiro atoms. The molecule has 2 aromatic carbocycles. The second-order valence-corrected chi connectivity index (χ2v) is 8.83. The van der Waals surface area contributed by atoms with Gasteiger partial charge in [-0.25, -0.2) is 4.79 Å². The van der Waals surface area contributed by atoms with Crippen LogP contribution in [0, 0.1) is 13.8 Å². The van der Waals surface area contributed by atoms with Gasteiger partial charge in [0.25, 0.3) is 0 Å². The van der Waals surface area contributed by atoms with Gasteiger partial charge in [-0.05, 0) is 81.1 Å². The van der Waals surface area contributed by atoms with Crippen molar-refractivity contribution < 1.29 is 13.9 Å². The molecule has 1 aliphatic rings. The summed E-state index contributed by atoms with van der Waals surface area (Å²) >= 11 is 0. The summed E-state index contributed by atoms with van der Waals surface area (Å²) in [5, 5.41) is 4.02. The number of amides is 1. The van der Waals surface area contributed by atoms with Gasteiger partial charge in [-0.2, -0.15) is 0 Å². The highest BCUT2D eigenvalue weighted by atomic mass is 16.5. The van der Waals surface area contributed by atoms with Crippen LogP contribution < -0.4 is 15.7 Å². The summed E-state index contributed by atoms with van der Waals surface area (Å²) in [5.41, 5.74) is 3.92. The maximum Gasteiger partial charge on any atom is 0.339 e. The Labute approximate surface area is 194 Å². The lowest BCUT2D eigenvalue weighted by atomic mass is 10.0. The highest BCUT2D eigenvalue weighted by molar-refractivity contribution is 5.82. The lowest BCUT2D eigenvalue weighted by Gasteiger charge is -2.28. The first-order valence-electron chi connectivity index (χ1n) is 11.6. The summed E-state index contributed by atoms with van der Waals surface area (Å²) in [7, 11) is 1.66. The first kappa shape index (κ1) is 23.1. The van der Waals surface area contributed by atoms with Crippen LogP contribution in [0.4, 0.5) is 0 Å². The molecule has 1 aliphatic heterocycles. The van der Waals surface area contributed by atoms with Crippen LogP contribution >= 0.6 is 0 Å². The second-order valence-electron chi connectivity index (χ2n) is 8.83. The van der Waals surface area contributed by atoms with E-state index >= 15 is 0 Å². The Kier molecular flexibility index (Phi) is 7.14. The van der Waals surface area contributed by atoms with Crippen molar-refractivity contribution in [1.29, 1.82) is 0 Å². The Balaban J connectivity index is 1.42. The number of nitrogens with zero attached hydrogens (tertiary/aromatic N) is 1. The molecule has 33 heavy (non-hydrogen) atoms. The van der Waals surface area contributed by atoms with Crippen molar-refractivity contribution in [2.45, 2.75) is 45.6 Å². The number of methoxy groups -OCH3 is 1. The number of hydrogen-bond acceptors (Lipinski definition) is 5. The standard InChI is InChI=1S/C27H32N2O4/c1-18-6-11-22-19(2)23(27(31)33-25(22)16-18)12-13-26(30)28-17-24(29-14-4-5-15-29)20-7-9-21(32-3)10-8-20/h6-11,16,24H,4-5,12-15,17H2,1-3H3,(H,28,30)/t24-/m1/s1. The highest BCUT2D eigenvalue weighted by Gasteiger charge is 2.24. The van der Waals surface area contributed by atoms with Crippen molar-refractivity contribution in [3.63, 3.8) is 0 Å². The van der Waals surface area contributed by atoms with E-state index in [1.807, 2.05) is 44.2 Å². The third-order valence-electron chi connectivity index (χ3n) is 6.62. The minimum Gasteiger partial charge on any atom is -0.497 e. The van der Waals surface area contributed by atoms with E-state index in [4.69, 9.17) is 9.15 Å². The molecule has 0 bridgehead atoms. The van der Waals surface area contributed by atoms with E-state index in [9.17, 15) is 9.59 Å². The summed E-state index contributed by atoms with van der Waals surface area (Å²) in [6.07, 6.45) is 2.97. The predicted molar refractivity (Wildman–Crippen MR) is 130 cm³/mol. The first-order chi connectivity index (χ1) is 16.0. The molecular weight excluding hydrogens is 416 g/mol. The molecule has 6 nitrogen and oxygen atoms in total. The third kappa shape index (κ3) is 5.28. The van der Waals surface area contributed by atoms with E-state index in [1.54, 1.807) is 7.11 Å². The van der Waals surface area contributed by atoms with Gasteiger partial charge in [-0.1, -0.05) is 24.3 Å². The fraction of sp³-hybridized carbons (Fsp3) is 0.407. The van der Waals surface area contributed by atoms with Crippen LogP contribution in [0.2, 0.25) is 0 Å². The molecule has 1 N–H and O–H groups in total. The number of likely N-dealkylation sites (tertiary alicyclic amines) is 1. The Hall–Kier alpha value is -3.12. The molecule has 1 atom stereocenters. The molecule has 0 saturated carbocycles. The van der Waals surface area contributed by atoms with Gasteiger partial charge in [0.05, 0.1) is 13.2 Å². The van der Waals surface area contributed by atoms with Crippen LogP contribution in [0.3, 0.4) is 0 Å². The number of aryl methyl sites for hydroxylation is 2. The Morgan fingerprint density at radius 1 is 1.12 bits per heavy atom. The van der Waals surface area contributed by atoms with Crippen LogP contribution in [-0.2, 0) is 11.2 Å². The third-order valence-corrected chi connectivity index (χ3v) is 6.62. The Morgan fingerprint density at radius 3 is 2.55 bits per heavy atom. The summed E-state index contributed by atoms with van der Waals surface area (Å²) in [5.74, 6) is 0.762. The van der Waals surface area contributed by atoms with Crippen LogP contribution in [0.1, 0.15) is 47.6 Å². The minimum atomic E-state index is -0.355. The number of benzene rings is 2. The number of ether oxygens (including phenoxy) is 1. The van der Waals surface area contributed by atoms with Gasteiger partial charge in [0.15, 0.2) is 0 Å². The van der Waals surface area contributed by atoms with Crippen molar-refractivity contribution in [2.24, 2.45) is 0 Å². The number of hydrogen-bond donors (Lipinski definition) is 1. The Morgan fingerprint density at radius 2 is 1.85 bits per heavy atom. The lowest BCUT2D eigenvalue weighted by Crippen LogP contribution is -2.37. The normalized spacial score (nSPS) is 15.0. The minimum absolute atomic E-state index is 0.0597. The topological polar surface area (TPSA) is 71.8 Å². The van der Waals surface area contributed by atoms with Gasteiger partial charge in [-0.15, -0.1) is 0 Å². The monoisotopic (exact) mass is 448 g/mol. The number of carbonyl (C=O) groups is 1. The molecule has 0 unspecified atom stereocenters. The van der Waals surface area contributed by atoms with Crippen molar-refractivity contribution in [3.8, 4) is 5.75 Å². The average molecular weight is 449 g/mol. The van der Waals surface area contributed by atoms with Crippen molar-refractivity contribution >= 4 is 16.9 Å². The van der Waals surface area contributed by atoms with Crippen LogP contribution in [0.15, 0.2) is 51.7 Å². The number of fused-ring (bicyclic) bond motifs is 1. The smallest absolute Gasteiger partial charge is 0.339 e. The maximum absolute atomic E-state index is 12.7. The zero-order chi connectivity index (χ0) is 23.4. The van der Waals surface area contributed by atoms with E-state index in [1.165, 1.54) is 18.4 Å². The van der Waals surface area contributed by atoms with Gasteiger partial charge < -0.3 is 14.5 Å². The number of carbonyl (C=O) groups excluding carboxylic acids is 1. The fourth-order valence-electron chi connectivity index (χ4n) is 4.67. The molecule has 0 aliphatic carbocycles. The van der Waals surface area contributed by atoms with Crippen LogP contribution in [0.5, 0.6) is 5.75 Å². The molecule has 1 fully saturated rings. The molecule has 4 rings (SSSR count). The molecule has 1 saturated heterocycles. The van der Waals surface area contributed by atoms with E-state index in [0.717, 1.165) is 35.4 Å². The molecule has 0 radical (unpaired) electrons. The van der Waals surface area contributed by atoms with E-state index in [-0.39, 0.29) is 24.0 Å². The van der Waals surface area contributed by atoms with Crippen molar-refractivity contribution in [1.82, 2.24) is 10.2 Å². The second kappa shape index (κ2) is 10.2. The zero-order valence-corrected chi connectivity index (χ0v) is 19.6. The largest absolute Gasteiger partial charge is 0.497 e. The van der Waals surface area contributed by atoms with Crippen LogP contribution in [0.25, 0.3) is 11.0 Å². The zero-order valence-electron chi connectivity index (χ0n) is 19.6. The van der Waals surface area contributed by atoms with Crippen molar-refractivity contribution in [2.75, 3.05) is 26.7 Å². The molecule has 174 valence electrons. The SMILES string of the molecule is COc1ccc([C@@H](CNC(=O)CCc2c(C)c3ccc(C)cc3oc2=O)N2CCCC2)cc1. The van der Waals surface area contributed by atoms with Crippen molar-refractivity contribution in [3.05, 3.63) is 75.1 Å². The number of rotatable bonds is 8. The number of nitrogens with one attached hydrogen (secondary N) is 1. The molecule has 2 heterocycles. The van der Waals surface area contributed by atoms with Gasteiger partial charge in [-0.3, -0.25) is 9.69 Å². The van der Waals surface area contributed by atoms with Gasteiger partial charge in [0.1, 0.15) is 11.3 Å². The van der Waals surface area contributed by atoms with Gasteiger partial charge in [0.2, 0.25) is 5.91 Å². The van der Waals surface area contributed by atoms with Gasteiger partial charge in [0, 0.05) is 23.9 Å². The highest BCUT2D eigenvalue weighted by Crippen LogP contribution is 2.26. The van der Waals surface area contributed by atoms with Crippen LogP contribution in [-0.4, -0.2) is 37.6 Å². The summed E-state index contributed by atoms with van der Waals surface area (Å²) in [6.45, 7) is 6.49. The summed E-state index contributed by atoms with van der Waals surface area (Å²) in [4.78, 5) is 27.7. The predicted octanol–water partition coefficient (Wildman–Crippen LogP) is 4.30. The first-order valence-corrected chi connectivity index (χ1v) is 11.6. The van der Waals surface area contributed by atoms with Gasteiger partial charge >= 0.3 is 5.63 Å².